The Hall–Kier alpha value is -4.00. The molecule has 7 heteroatoms. The van der Waals surface area contributed by atoms with Crippen LogP contribution < -0.4 is 9.64 Å². The zero-order valence-corrected chi connectivity index (χ0v) is 17.6. The van der Waals surface area contributed by atoms with Gasteiger partial charge in [-0.25, -0.2) is 0 Å². The maximum atomic E-state index is 12.7. The summed E-state index contributed by atoms with van der Waals surface area (Å²) < 4.78 is 5.87. The number of amides is 1. The predicted octanol–water partition coefficient (Wildman–Crippen LogP) is 3.42. The van der Waals surface area contributed by atoms with Crippen LogP contribution in [0.4, 0.5) is 5.82 Å². The molecule has 0 spiro atoms. The number of benzene rings is 2. The summed E-state index contributed by atoms with van der Waals surface area (Å²) in [5.41, 5.74) is 1.73. The van der Waals surface area contributed by atoms with E-state index in [-0.39, 0.29) is 12.5 Å². The monoisotopic (exact) mass is 425 g/mol. The van der Waals surface area contributed by atoms with E-state index < -0.39 is 0 Å². The maximum Gasteiger partial charge on any atom is 0.260 e. The molecule has 0 bridgehead atoms. The molecule has 2 aromatic carbocycles. The summed E-state index contributed by atoms with van der Waals surface area (Å²) in [5.74, 6) is 1.55. The highest BCUT2D eigenvalue weighted by Gasteiger charge is 2.22. The lowest BCUT2D eigenvalue weighted by molar-refractivity contribution is -0.133. The Balaban J connectivity index is 1.16. The Bertz CT molecular complexity index is 1200. The van der Waals surface area contributed by atoms with Crippen molar-refractivity contribution in [1.82, 2.24) is 20.1 Å². The molecule has 0 radical (unpaired) electrons. The van der Waals surface area contributed by atoms with Crippen LogP contribution in [0, 0.1) is 0 Å². The minimum Gasteiger partial charge on any atom is -0.483 e. The van der Waals surface area contributed by atoms with Crippen molar-refractivity contribution >= 4 is 22.5 Å². The lowest BCUT2D eigenvalue weighted by Crippen LogP contribution is -2.50. The van der Waals surface area contributed by atoms with Crippen LogP contribution in [0.15, 0.2) is 79.1 Å². The van der Waals surface area contributed by atoms with E-state index in [0.29, 0.717) is 26.2 Å². The van der Waals surface area contributed by atoms with Gasteiger partial charge in [0, 0.05) is 49.5 Å². The average molecular weight is 425 g/mol. The van der Waals surface area contributed by atoms with Crippen LogP contribution >= 0.6 is 0 Å². The summed E-state index contributed by atoms with van der Waals surface area (Å²) >= 11 is 0. The van der Waals surface area contributed by atoms with Crippen LogP contribution in [-0.4, -0.2) is 58.8 Å². The number of fused-ring (bicyclic) bond motifs is 1. The molecule has 32 heavy (non-hydrogen) atoms. The van der Waals surface area contributed by atoms with E-state index in [1.165, 1.54) is 0 Å². The number of rotatable bonds is 5. The van der Waals surface area contributed by atoms with E-state index in [4.69, 9.17) is 4.74 Å². The first-order valence-corrected chi connectivity index (χ1v) is 10.7. The standard InChI is InChI=1S/C25H23N5O2/c31-25(18-32-23-9-3-6-19-5-1-2-8-21(19)23)30-15-13-29(14-16-30)24-11-10-22(27-28-24)20-7-4-12-26-17-20/h1-12,17H,13-16,18H2. The Morgan fingerprint density at radius 1 is 0.875 bits per heavy atom. The van der Waals surface area contributed by atoms with Gasteiger partial charge in [-0.2, -0.15) is 0 Å². The van der Waals surface area contributed by atoms with Gasteiger partial charge < -0.3 is 14.5 Å². The second-order valence-corrected chi connectivity index (χ2v) is 7.65. The van der Waals surface area contributed by atoms with E-state index in [9.17, 15) is 4.79 Å². The molecule has 0 saturated carbocycles. The van der Waals surface area contributed by atoms with Gasteiger partial charge in [-0.15, -0.1) is 10.2 Å². The highest BCUT2D eigenvalue weighted by atomic mass is 16.5. The van der Waals surface area contributed by atoms with Crippen molar-refractivity contribution in [2.24, 2.45) is 0 Å². The van der Waals surface area contributed by atoms with Crippen molar-refractivity contribution in [3.63, 3.8) is 0 Å². The Kier molecular flexibility index (Phi) is 5.61. The summed E-state index contributed by atoms with van der Waals surface area (Å²) in [4.78, 5) is 20.8. The van der Waals surface area contributed by atoms with Gasteiger partial charge in [0.25, 0.3) is 5.91 Å². The summed E-state index contributed by atoms with van der Waals surface area (Å²) in [7, 11) is 0. The zero-order valence-electron chi connectivity index (χ0n) is 17.6. The molecule has 2 aromatic heterocycles. The molecule has 1 aliphatic rings. The molecular weight excluding hydrogens is 402 g/mol. The third-order valence-electron chi connectivity index (χ3n) is 5.66. The minimum atomic E-state index is -0.00408. The number of hydrogen-bond acceptors (Lipinski definition) is 6. The summed E-state index contributed by atoms with van der Waals surface area (Å²) in [6.07, 6.45) is 3.51. The molecule has 0 unspecified atom stereocenters. The van der Waals surface area contributed by atoms with Gasteiger partial charge in [0.05, 0.1) is 5.69 Å². The number of anilines is 1. The van der Waals surface area contributed by atoms with Crippen LogP contribution in [0.1, 0.15) is 0 Å². The highest BCUT2D eigenvalue weighted by Crippen LogP contribution is 2.25. The molecule has 0 N–H and O–H groups in total. The van der Waals surface area contributed by atoms with Gasteiger partial charge in [-0.1, -0.05) is 36.4 Å². The van der Waals surface area contributed by atoms with Crippen molar-refractivity contribution in [1.29, 1.82) is 0 Å². The predicted molar refractivity (Wildman–Crippen MR) is 123 cm³/mol. The fraction of sp³-hybridized carbons (Fsp3) is 0.200. The van der Waals surface area contributed by atoms with Crippen molar-refractivity contribution in [2.45, 2.75) is 0 Å². The number of aromatic nitrogens is 3. The number of piperazine rings is 1. The number of carbonyl (C=O) groups excluding carboxylic acids is 1. The lowest BCUT2D eigenvalue weighted by atomic mass is 10.1. The van der Waals surface area contributed by atoms with E-state index in [1.54, 1.807) is 12.4 Å². The quantitative estimate of drug-likeness (QED) is 0.488. The molecule has 1 amide bonds. The number of carbonyl (C=O) groups is 1. The smallest absolute Gasteiger partial charge is 0.260 e. The number of pyridine rings is 1. The average Bonchev–Trinajstić information content (AvgIpc) is 2.88. The van der Waals surface area contributed by atoms with Crippen molar-refractivity contribution < 1.29 is 9.53 Å². The number of ether oxygens (including phenoxy) is 1. The van der Waals surface area contributed by atoms with Gasteiger partial charge >= 0.3 is 0 Å². The first kappa shape index (κ1) is 19.9. The van der Waals surface area contributed by atoms with Gasteiger partial charge in [0.1, 0.15) is 5.75 Å². The Morgan fingerprint density at radius 2 is 1.72 bits per heavy atom. The number of nitrogens with zero attached hydrogens (tertiary/aromatic N) is 5. The first-order valence-electron chi connectivity index (χ1n) is 10.7. The van der Waals surface area contributed by atoms with Crippen LogP contribution in [0.3, 0.4) is 0 Å². The molecule has 1 saturated heterocycles. The van der Waals surface area contributed by atoms with Crippen LogP contribution in [0.5, 0.6) is 5.75 Å². The second kappa shape index (κ2) is 9.01. The number of hydrogen-bond donors (Lipinski definition) is 0. The van der Waals surface area contributed by atoms with Crippen molar-refractivity contribution in [3.8, 4) is 17.0 Å². The molecule has 1 fully saturated rings. The largest absolute Gasteiger partial charge is 0.483 e. The fourth-order valence-electron chi connectivity index (χ4n) is 3.90. The maximum absolute atomic E-state index is 12.7. The third-order valence-corrected chi connectivity index (χ3v) is 5.66. The minimum absolute atomic E-state index is 0.00408. The van der Waals surface area contributed by atoms with Gasteiger partial charge in [0.2, 0.25) is 0 Å². The Labute approximate surface area is 186 Å². The van der Waals surface area contributed by atoms with Crippen molar-refractivity contribution in [3.05, 3.63) is 79.1 Å². The van der Waals surface area contributed by atoms with Gasteiger partial charge in [0.15, 0.2) is 12.4 Å². The summed E-state index contributed by atoms with van der Waals surface area (Å²) in [5, 5.41) is 10.8. The molecule has 5 rings (SSSR count). The SMILES string of the molecule is O=C(COc1cccc2ccccc12)N1CCN(c2ccc(-c3cccnc3)nn2)CC1. The molecule has 7 nitrogen and oxygen atoms in total. The molecule has 1 aliphatic heterocycles. The molecule has 4 aromatic rings. The molecular formula is C25H23N5O2. The Morgan fingerprint density at radius 3 is 2.50 bits per heavy atom. The van der Waals surface area contributed by atoms with Gasteiger partial charge in [-0.05, 0) is 35.7 Å². The topological polar surface area (TPSA) is 71.5 Å². The van der Waals surface area contributed by atoms with Crippen molar-refractivity contribution in [2.75, 3.05) is 37.7 Å². The summed E-state index contributed by atoms with van der Waals surface area (Å²) in [6, 6.07) is 21.7. The first-order chi connectivity index (χ1) is 15.8. The summed E-state index contributed by atoms with van der Waals surface area (Å²) in [6.45, 7) is 2.71. The van der Waals surface area contributed by atoms with Gasteiger partial charge in [-0.3, -0.25) is 9.78 Å². The van der Waals surface area contributed by atoms with E-state index >= 15 is 0 Å². The lowest BCUT2D eigenvalue weighted by Gasteiger charge is -2.35. The second-order valence-electron chi connectivity index (χ2n) is 7.65. The molecule has 0 atom stereocenters. The molecule has 160 valence electrons. The van der Waals surface area contributed by atoms with Crippen LogP contribution in [-0.2, 0) is 4.79 Å². The zero-order chi connectivity index (χ0) is 21.8. The molecule has 0 aliphatic carbocycles. The van der Waals surface area contributed by atoms with E-state index in [2.05, 4.69) is 20.1 Å². The van der Waals surface area contributed by atoms with E-state index in [1.807, 2.05) is 71.6 Å². The third kappa shape index (κ3) is 4.23. The normalized spacial score (nSPS) is 13.9. The van der Waals surface area contributed by atoms with Crippen LogP contribution in [0.25, 0.3) is 22.0 Å². The fourth-order valence-corrected chi connectivity index (χ4v) is 3.90. The van der Waals surface area contributed by atoms with Crippen LogP contribution in [0.2, 0.25) is 0 Å². The van der Waals surface area contributed by atoms with E-state index in [0.717, 1.165) is 33.6 Å². The molecule has 3 heterocycles. The highest BCUT2D eigenvalue weighted by molar-refractivity contribution is 5.88.